The van der Waals surface area contributed by atoms with Crippen molar-refractivity contribution < 1.29 is 13.2 Å². The second-order valence-corrected chi connectivity index (χ2v) is 8.18. The van der Waals surface area contributed by atoms with Crippen LogP contribution in [0.25, 0.3) is 0 Å². The van der Waals surface area contributed by atoms with E-state index in [1.807, 2.05) is 30.3 Å². The Morgan fingerprint density at radius 2 is 1.72 bits per heavy atom. The molecule has 0 bridgehead atoms. The molecule has 1 atom stereocenters. The molecular weight excluding hydrogens is 338 g/mol. The highest BCUT2D eigenvalue weighted by Crippen LogP contribution is 2.18. The van der Waals surface area contributed by atoms with Crippen LogP contribution in [0.4, 0.5) is 16.2 Å². The van der Waals surface area contributed by atoms with E-state index in [9.17, 15) is 13.2 Å². The number of anilines is 2. The number of rotatable bonds is 4. The van der Waals surface area contributed by atoms with E-state index in [0.29, 0.717) is 18.8 Å². The third kappa shape index (κ3) is 4.51. The van der Waals surface area contributed by atoms with E-state index in [1.54, 1.807) is 17.0 Å². The van der Waals surface area contributed by atoms with E-state index in [-0.39, 0.29) is 17.0 Å². The van der Waals surface area contributed by atoms with Crippen LogP contribution in [-0.4, -0.2) is 44.7 Å². The fourth-order valence-corrected chi connectivity index (χ4v) is 3.45. The van der Waals surface area contributed by atoms with Crippen molar-refractivity contribution in [2.45, 2.75) is 17.4 Å². The van der Waals surface area contributed by atoms with Gasteiger partial charge in [0.05, 0.1) is 4.90 Å². The predicted molar refractivity (Wildman–Crippen MR) is 98.6 cm³/mol. The summed E-state index contributed by atoms with van der Waals surface area (Å²) in [4.78, 5) is 14.4. The maximum absolute atomic E-state index is 12.4. The van der Waals surface area contributed by atoms with Gasteiger partial charge in [-0.25, -0.2) is 13.2 Å². The van der Waals surface area contributed by atoms with Crippen molar-refractivity contribution in [2.24, 2.45) is 0 Å². The van der Waals surface area contributed by atoms with E-state index < -0.39 is 9.84 Å². The number of benzene rings is 2. The van der Waals surface area contributed by atoms with E-state index >= 15 is 0 Å². The number of hydrogen-bond donors (Lipinski definition) is 2. The lowest BCUT2D eigenvalue weighted by molar-refractivity contribution is 0.222. The standard InChI is InChI=1S/C18H21N3O3S/c1-25(23,24)17-9-7-15(8-10-17)20-18(22)21-12-11-16(13-21)19-14-5-3-2-4-6-14/h2-10,16,19H,11-13H2,1H3,(H,20,22). The monoisotopic (exact) mass is 359 g/mol. The average molecular weight is 359 g/mol. The fourth-order valence-electron chi connectivity index (χ4n) is 2.82. The van der Waals surface area contributed by atoms with Crippen LogP contribution < -0.4 is 10.6 Å². The molecule has 25 heavy (non-hydrogen) atoms. The molecule has 1 unspecified atom stereocenters. The first-order valence-corrected chi connectivity index (χ1v) is 9.98. The zero-order chi connectivity index (χ0) is 17.9. The molecule has 0 saturated carbocycles. The highest BCUT2D eigenvalue weighted by molar-refractivity contribution is 7.90. The van der Waals surface area contributed by atoms with Gasteiger partial charge in [0.2, 0.25) is 0 Å². The summed E-state index contributed by atoms with van der Waals surface area (Å²) < 4.78 is 22.9. The molecule has 0 spiro atoms. The van der Waals surface area contributed by atoms with Gasteiger partial charge in [-0.1, -0.05) is 18.2 Å². The molecule has 0 aliphatic carbocycles. The Hall–Kier alpha value is -2.54. The first-order chi connectivity index (χ1) is 11.9. The molecule has 1 aliphatic rings. The van der Waals surface area contributed by atoms with Crippen LogP contribution in [0.1, 0.15) is 6.42 Å². The van der Waals surface area contributed by atoms with Gasteiger partial charge >= 0.3 is 6.03 Å². The van der Waals surface area contributed by atoms with Crippen LogP contribution in [-0.2, 0) is 9.84 Å². The molecule has 2 amide bonds. The molecule has 0 aromatic heterocycles. The van der Waals surface area contributed by atoms with Crippen molar-refractivity contribution in [2.75, 3.05) is 30.0 Å². The number of nitrogens with one attached hydrogen (secondary N) is 2. The number of carbonyl (C=O) groups is 1. The summed E-state index contributed by atoms with van der Waals surface area (Å²) >= 11 is 0. The first kappa shape index (κ1) is 17.3. The van der Waals surface area contributed by atoms with Gasteiger partial charge in [-0.3, -0.25) is 0 Å². The van der Waals surface area contributed by atoms with Crippen molar-refractivity contribution in [1.82, 2.24) is 4.90 Å². The SMILES string of the molecule is CS(=O)(=O)c1ccc(NC(=O)N2CCC(Nc3ccccc3)C2)cc1. The van der Waals surface area contributed by atoms with E-state index in [0.717, 1.165) is 18.4 Å². The smallest absolute Gasteiger partial charge is 0.321 e. The normalized spacial score (nSPS) is 17.3. The van der Waals surface area contributed by atoms with Gasteiger partial charge < -0.3 is 15.5 Å². The Morgan fingerprint density at radius 3 is 2.36 bits per heavy atom. The maximum Gasteiger partial charge on any atom is 0.321 e. The summed E-state index contributed by atoms with van der Waals surface area (Å²) in [7, 11) is -3.23. The van der Waals surface area contributed by atoms with Crippen LogP contribution in [0.3, 0.4) is 0 Å². The predicted octanol–water partition coefficient (Wildman–Crippen LogP) is 2.81. The third-order valence-corrected chi connectivity index (χ3v) is 5.28. The van der Waals surface area contributed by atoms with Crippen molar-refractivity contribution in [3.63, 3.8) is 0 Å². The Bertz CT molecular complexity index is 836. The molecule has 132 valence electrons. The summed E-state index contributed by atoms with van der Waals surface area (Å²) in [6, 6.07) is 16.2. The largest absolute Gasteiger partial charge is 0.380 e. The molecule has 1 heterocycles. The number of para-hydroxylation sites is 1. The van der Waals surface area contributed by atoms with Crippen LogP contribution >= 0.6 is 0 Å². The maximum atomic E-state index is 12.4. The number of hydrogen-bond acceptors (Lipinski definition) is 4. The van der Waals surface area contributed by atoms with Crippen molar-refractivity contribution in [1.29, 1.82) is 0 Å². The van der Waals surface area contributed by atoms with E-state index in [1.165, 1.54) is 12.1 Å². The number of likely N-dealkylation sites (tertiary alicyclic amines) is 1. The summed E-state index contributed by atoms with van der Waals surface area (Å²) in [5, 5.41) is 6.24. The molecule has 7 heteroatoms. The van der Waals surface area contributed by atoms with Gasteiger partial charge in [0.1, 0.15) is 0 Å². The number of amides is 2. The quantitative estimate of drug-likeness (QED) is 0.880. The minimum Gasteiger partial charge on any atom is -0.380 e. The second-order valence-electron chi connectivity index (χ2n) is 6.17. The topological polar surface area (TPSA) is 78.5 Å². The van der Waals surface area contributed by atoms with Gasteiger partial charge in [0.25, 0.3) is 0 Å². The summed E-state index contributed by atoms with van der Waals surface area (Å²) in [6.07, 6.45) is 2.04. The number of nitrogens with zero attached hydrogens (tertiary/aromatic N) is 1. The van der Waals surface area contributed by atoms with Crippen molar-refractivity contribution in [3.8, 4) is 0 Å². The molecule has 3 rings (SSSR count). The average Bonchev–Trinajstić information content (AvgIpc) is 3.04. The third-order valence-electron chi connectivity index (χ3n) is 4.15. The molecule has 2 aromatic carbocycles. The number of sulfone groups is 1. The summed E-state index contributed by atoms with van der Waals surface area (Å²) in [5.74, 6) is 0. The molecule has 1 fully saturated rings. The number of carbonyl (C=O) groups excluding carboxylic acids is 1. The van der Waals surface area contributed by atoms with Crippen LogP contribution in [0, 0.1) is 0 Å². The minimum absolute atomic E-state index is 0.176. The summed E-state index contributed by atoms with van der Waals surface area (Å²) in [6.45, 7) is 1.31. The molecule has 1 aliphatic heterocycles. The van der Waals surface area contributed by atoms with E-state index in [4.69, 9.17) is 0 Å². The Morgan fingerprint density at radius 1 is 1.04 bits per heavy atom. The van der Waals surface area contributed by atoms with Gasteiger partial charge in [-0.2, -0.15) is 0 Å². The lowest BCUT2D eigenvalue weighted by Gasteiger charge is -2.18. The zero-order valence-electron chi connectivity index (χ0n) is 14.0. The second kappa shape index (κ2) is 7.14. The first-order valence-electron chi connectivity index (χ1n) is 8.09. The molecule has 2 aromatic rings. The Kier molecular flexibility index (Phi) is 4.94. The molecular formula is C18H21N3O3S. The Balaban J connectivity index is 1.55. The van der Waals surface area contributed by atoms with Gasteiger partial charge in [-0.15, -0.1) is 0 Å². The van der Waals surface area contributed by atoms with E-state index in [2.05, 4.69) is 10.6 Å². The summed E-state index contributed by atoms with van der Waals surface area (Å²) in [5.41, 5.74) is 1.63. The lowest BCUT2D eigenvalue weighted by atomic mass is 10.2. The fraction of sp³-hybridized carbons (Fsp3) is 0.278. The van der Waals surface area contributed by atoms with Crippen molar-refractivity contribution >= 4 is 27.2 Å². The van der Waals surface area contributed by atoms with Crippen LogP contribution in [0.15, 0.2) is 59.5 Å². The van der Waals surface area contributed by atoms with Crippen LogP contribution in [0.5, 0.6) is 0 Å². The zero-order valence-corrected chi connectivity index (χ0v) is 14.8. The highest BCUT2D eigenvalue weighted by atomic mass is 32.2. The number of urea groups is 1. The lowest BCUT2D eigenvalue weighted by Crippen LogP contribution is -2.34. The molecule has 1 saturated heterocycles. The minimum atomic E-state index is -3.23. The van der Waals surface area contributed by atoms with Crippen molar-refractivity contribution in [3.05, 3.63) is 54.6 Å². The molecule has 0 radical (unpaired) electrons. The highest BCUT2D eigenvalue weighted by Gasteiger charge is 2.26. The van der Waals surface area contributed by atoms with Crippen LogP contribution in [0.2, 0.25) is 0 Å². The van der Waals surface area contributed by atoms with Gasteiger partial charge in [-0.05, 0) is 42.8 Å². The van der Waals surface area contributed by atoms with Gasteiger partial charge in [0.15, 0.2) is 9.84 Å². The molecule has 6 nitrogen and oxygen atoms in total. The van der Waals surface area contributed by atoms with Gasteiger partial charge in [0, 0.05) is 36.8 Å². The molecule has 2 N–H and O–H groups in total. The Labute approximate surface area is 147 Å².